The van der Waals surface area contributed by atoms with Crippen LogP contribution >= 0.6 is 11.3 Å². The topological polar surface area (TPSA) is 0 Å². The molecule has 0 fully saturated rings. The Hall–Kier alpha value is -7.32. The van der Waals surface area contributed by atoms with Gasteiger partial charge in [0.2, 0.25) is 0 Å². The van der Waals surface area contributed by atoms with Crippen molar-refractivity contribution in [3.8, 4) is 55.6 Å². The lowest BCUT2D eigenvalue weighted by atomic mass is 9.80. The number of hydrogen-bond acceptors (Lipinski definition) is 1. The van der Waals surface area contributed by atoms with Gasteiger partial charge in [-0.1, -0.05) is 202 Å². The molecule has 1 heterocycles. The van der Waals surface area contributed by atoms with E-state index in [1.54, 1.807) is 0 Å². The third kappa shape index (κ3) is 5.00. The fourth-order valence-electron chi connectivity index (χ4n) is 11.2. The average Bonchev–Trinajstić information content (AvgIpc) is 3.82. The normalized spacial score (nSPS) is 13.1. The first-order chi connectivity index (χ1) is 30.5. The average molecular weight is 805 g/mol. The van der Waals surface area contributed by atoms with Gasteiger partial charge in [-0.2, -0.15) is 0 Å². The fourth-order valence-corrected chi connectivity index (χ4v) is 12.4. The Bertz CT molecular complexity index is 3770. The van der Waals surface area contributed by atoms with Gasteiger partial charge in [-0.25, -0.2) is 0 Å². The van der Waals surface area contributed by atoms with Crippen molar-refractivity contribution in [3.63, 3.8) is 0 Å². The summed E-state index contributed by atoms with van der Waals surface area (Å²) < 4.78 is 2.70. The molecule has 0 bridgehead atoms. The predicted molar refractivity (Wildman–Crippen MR) is 269 cm³/mol. The van der Waals surface area contributed by atoms with Crippen LogP contribution in [-0.2, 0) is 5.41 Å². The van der Waals surface area contributed by atoms with Gasteiger partial charge in [0, 0.05) is 25.6 Å². The van der Waals surface area contributed by atoms with Gasteiger partial charge >= 0.3 is 0 Å². The molecule has 62 heavy (non-hydrogen) atoms. The fraction of sp³-hybridized carbons (Fsp3) is 0.0492. The maximum absolute atomic E-state index is 2.49. The molecule has 0 atom stereocenters. The van der Waals surface area contributed by atoms with Crippen LogP contribution in [-0.4, -0.2) is 0 Å². The number of benzene rings is 11. The Kier molecular flexibility index (Phi) is 7.62. The van der Waals surface area contributed by atoms with Crippen molar-refractivity contribution in [2.45, 2.75) is 19.3 Å². The van der Waals surface area contributed by atoms with Gasteiger partial charge in [-0.15, -0.1) is 11.3 Å². The lowest BCUT2D eigenvalue weighted by molar-refractivity contribution is 0.667. The minimum absolute atomic E-state index is 0.0933. The van der Waals surface area contributed by atoms with Crippen LogP contribution in [0.2, 0.25) is 0 Å². The van der Waals surface area contributed by atoms with Gasteiger partial charge in [0.1, 0.15) is 0 Å². The van der Waals surface area contributed by atoms with Crippen LogP contribution in [0.5, 0.6) is 0 Å². The molecule has 0 amide bonds. The summed E-state index contributed by atoms with van der Waals surface area (Å²) in [6, 6.07) is 77.1. The second-order valence-electron chi connectivity index (χ2n) is 17.5. The first kappa shape index (κ1) is 35.4. The standard InChI is InChI=1S/C61H40S/c1-61(2)53-30-15-14-24-44(53)51-33-34-54-59(60(51)61)58-45-25-9-8-23-42(45)52(36-55(58)62-54)43-31-32-50(41-22-7-6-21-40(41)43)57-48-28-12-10-26-46(48)56(47-27-11-13-29-49(47)57)39-20-16-19-38(35-39)37-17-4-3-5-18-37/h3-36H,1-2H3. The molecule has 1 aliphatic carbocycles. The second-order valence-corrected chi connectivity index (χ2v) is 18.6. The summed E-state index contributed by atoms with van der Waals surface area (Å²) in [5.41, 5.74) is 15.6. The van der Waals surface area contributed by atoms with Crippen molar-refractivity contribution in [1.29, 1.82) is 0 Å². The summed E-state index contributed by atoms with van der Waals surface area (Å²) in [5.74, 6) is 0. The monoisotopic (exact) mass is 804 g/mol. The third-order valence-electron chi connectivity index (χ3n) is 13.8. The van der Waals surface area contributed by atoms with Crippen molar-refractivity contribution >= 4 is 74.6 Å². The van der Waals surface area contributed by atoms with Gasteiger partial charge in [-0.05, 0) is 128 Å². The van der Waals surface area contributed by atoms with E-state index in [4.69, 9.17) is 0 Å². The number of hydrogen-bond donors (Lipinski definition) is 0. The van der Waals surface area contributed by atoms with Crippen molar-refractivity contribution < 1.29 is 0 Å². The molecule has 0 aliphatic heterocycles. The molecule has 1 aliphatic rings. The highest BCUT2D eigenvalue weighted by atomic mass is 32.1. The molecule has 13 rings (SSSR count). The Balaban J connectivity index is 1.05. The van der Waals surface area contributed by atoms with E-state index in [0.717, 1.165) is 0 Å². The van der Waals surface area contributed by atoms with E-state index in [1.165, 1.54) is 130 Å². The highest BCUT2D eigenvalue weighted by Gasteiger charge is 2.37. The van der Waals surface area contributed by atoms with Crippen LogP contribution in [0.3, 0.4) is 0 Å². The van der Waals surface area contributed by atoms with Gasteiger partial charge in [0.05, 0.1) is 0 Å². The van der Waals surface area contributed by atoms with E-state index in [1.807, 2.05) is 11.3 Å². The largest absolute Gasteiger partial charge is 0.135 e. The van der Waals surface area contributed by atoms with E-state index in [0.29, 0.717) is 0 Å². The molecule has 0 N–H and O–H groups in total. The van der Waals surface area contributed by atoms with Crippen molar-refractivity contribution in [1.82, 2.24) is 0 Å². The van der Waals surface area contributed by atoms with Crippen molar-refractivity contribution in [2.24, 2.45) is 0 Å². The number of fused-ring (bicyclic) bond motifs is 12. The second kappa shape index (κ2) is 13.3. The zero-order valence-corrected chi connectivity index (χ0v) is 35.4. The molecule has 0 unspecified atom stereocenters. The molecule has 0 spiro atoms. The van der Waals surface area contributed by atoms with E-state index in [2.05, 4.69) is 220 Å². The number of rotatable bonds is 4. The van der Waals surface area contributed by atoms with Gasteiger partial charge in [0.25, 0.3) is 0 Å². The maximum atomic E-state index is 2.49. The molecule has 290 valence electrons. The highest BCUT2D eigenvalue weighted by molar-refractivity contribution is 7.26. The third-order valence-corrected chi connectivity index (χ3v) is 14.9. The Morgan fingerprint density at radius 1 is 0.306 bits per heavy atom. The molecule has 0 saturated carbocycles. The Morgan fingerprint density at radius 2 is 0.823 bits per heavy atom. The van der Waals surface area contributed by atoms with Crippen LogP contribution < -0.4 is 0 Å². The van der Waals surface area contributed by atoms with Crippen molar-refractivity contribution in [2.75, 3.05) is 0 Å². The Labute approximate surface area is 365 Å². The lowest BCUT2D eigenvalue weighted by Crippen LogP contribution is -2.15. The van der Waals surface area contributed by atoms with Crippen LogP contribution in [0.1, 0.15) is 25.0 Å². The van der Waals surface area contributed by atoms with Crippen LogP contribution in [0.25, 0.3) is 119 Å². The van der Waals surface area contributed by atoms with Gasteiger partial charge in [0.15, 0.2) is 0 Å². The van der Waals surface area contributed by atoms with E-state index >= 15 is 0 Å². The predicted octanol–water partition coefficient (Wildman–Crippen LogP) is 17.6. The summed E-state index contributed by atoms with van der Waals surface area (Å²) in [6.45, 7) is 4.82. The minimum Gasteiger partial charge on any atom is -0.135 e. The summed E-state index contributed by atoms with van der Waals surface area (Å²) in [5, 5.41) is 13.0. The summed E-state index contributed by atoms with van der Waals surface area (Å²) in [6.07, 6.45) is 0. The summed E-state index contributed by atoms with van der Waals surface area (Å²) >= 11 is 1.94. The SMILES string of the molecule is CC1(C)c2ccccc2-c2ccc3sc4cc(-c5ccc(-c6c7ccccc7c(-c7cccc(-c8ccccc8)c7)c7ccccc67)c6ccccc56)c5ccccc5c4c3c21. The van der Waals surface area contributed by atoms with Gasteiger partial charge < -0.3 is 0 Å². The van der Waals surface area contributed by atoms with Crippen LogP contribution in [0.15, 0.2) is 206 Å². The molecule has 0 saturated heterocycles. The molecule has 12 aromatic rings. The molecule has 1 aromatic heterocycles. The smallest absolute Gasteiger partial charge is 0.0368 e. The zero-order valence-electron chi connectivity index (χ0n) is 34.5. The van der Waals surface area contributed by atoms with E-state index in [9.17, 15) is 0 Å². The molecular weight excluding hydrogens is 765 g/mol. The zero-order chi connectivity index (χ0) is 41.1. The molecule has 0 nitrogen and oxygen atoms in total. The van der Waals surface area contributed by atoms with E-state index < -0.39 is 0 Å². The first-order valence-electron chi connectivity index (χ1n) is 21.7. The van der Waals surface area contributed by atoms with Crippen molar-refractivity contribution in [3.05, 3.63) is 217 Å². The lowest BCUT2D eigenvalue weighted by Gasteiger charge is -2.23. The Morgan fingerprint density at radius 3 is 1.53 bits per heavy atom. The van der Waals surface area contributed by atoms with E-state index in [-0.39, 0.29) is 5.41 Å². The molecule has 1 heteroatoms. The number of thiophene rings is 1. The van der Waals surface area contributed by atoms with Gasteiger partial charge in [-0.3, -0.25) is 0 Å². The summed E-state index contributed by atoms with van der Waals surface area (Å²) in [4.78, 5) is 0. The maximum Gasteiger partial charge on any atom is 0.0368 e. The molecule has 0 radical (unpaired) electrons. The van der Waals surface area contributed by atoms with Crippen LogP contribution in [0.4, 0.5) is 0 Å². The molecular formula is C61H40S. The van der Waals surface area contributed by atoms with Crippen LogP contribution in [0, 0.1) is 0 Å². The highest BCUT2D eigenvalue weighted by Crippen LogP contribution is 2.56. The minimum atomic E-state index is -0.0933. The first-order valence-corrected chi connectivity index (χ1v) is 22.5. The quantitative estimate of drug-likeness (QED) is 0.155. The summed E-state index contributed by atoms with van der Waals surface area (Å²) in [7, 11) is 0. The molecule has 11 aromatic carbocycles.